The van der Waals surface area contributed by atoms with Gasteiger partial charge in [-0.25, -0.2) is 0 Å². The summed E-state index contributed by atoms with van der Waals surface area (Å²) in [5.41, 5.74) is 0. The SMILES string of the molecule is C1CCOC1.CCB(CC)CC.[H-].[Li+]. The molecule has 1 saturated heterocycles. The molecule has 13 heavy (non-hydrogen) atoms. The standard InChI is InChI=1S/C6H15B.C4H8O.Li.H/c1-4-7(5-2)6-3;1-2-4-5-3-1;;/h4-6H2,1-3H3;1-4H2;;/q;;+1;-1. The fourth-order valence-electron chi connectivity index (χ4n) is 1.38. The Bertz CT molecular complexity index is 75.1. The molecule has 1 aliphatic rings. The van der Waals surface area contributed by atoms with Crippen molar-refractivity contribution in [2.75, 3.05) is 13.2 Å². The predicted molar refractivity (Wildman–Crippen MR) is 58.4 cm³/mol. The number of ether oxygens (including phenoxy) is 1. The first-order valence-electron chi connectivity index (χ1n) is 5.42. The Balaban J connectivity index is -0.000000155. The van der Waals surface area contributed by atoms with Crippen molar-refractivity contribution >= 4 is 6.71 Å². The average Bonchev–Trinajstić information content (AvgIpc) is 2.64. The van der Waals surface area contributed by atoms with Crippen LogP contribution in [0.15, 0.2) is 0 Å². The summed E-state index contributed by atoms with van der Waals surface area (Å²) in [5, 5.41) is 0. The topological polar surface area (TPSA) is 9.23 Å². The summed E-state index contributed by atoms with van der Waals surface area (Å²) in [6.07, 6.45) is 6.62. The van der Waals surface area contributed by atoms with Gasteiger partial charge in [0, 0.05) is 13.2 Å². The van der Waals surface area contributed by atoms with Gasteiger partial charge in [0.15, 0.2) is 0 Å². The van der Waals surface area contributed by atoms with Crippen molar-refractivity contribution in [3.05, 3.63) is 0 Å². The first-order valence-corrected chi connectivity index (χ1v) is 5.42. The monoisotopic (exact) mass is 178 g/mol. The van der Waals surface area contributed by atoms with Crippen LogP contribution in [0.2, 0.25) is 19.0 Å². The molecule has 0 amide bonds. The number of rotatable bonds is 3. The first kappa shape index (κ1) is 16.1. The summed E-state index contributed by atoms with van der Waals surface area (Å²) < 4.78 is 4.94. The zero-order valence-electron chi connectivity index (χ0n) is 10.9. The van der Waals surface area contributed by atoms with Crippen LogP contribution in [0.5, 0.6) is 0 Å². The van der Waals surface area contributed by atoms with Gasteiger partial charge in [-0.05, 0) is 12.8 Å². The van der Waals surface area contributed by atoms with Crippen LogP contribution in [0.3, 0.4) is 0 Å². The molecule has 0 aromatic heterocycles. The predicted octanol–water partition coefficient (Wildman–Crippen LogP) is 0.454. The summed E-state index contributed by atoms with van der Waals surface area (Å²) in [7, 11) is 0. The van der Waals surface area contributed by atoms with Crippen LogP contribution in [0.4, 0.5) is 0 Å². The molecular weight excluding hydrogens is 154 g/mol. The van der Waals surface area contributed by atoms with E-state index < -0.39 is 0 Å². The van der Waals surface area contributed by atoms with Crippen molar-refractivity contribution in [1.29, 1.82) is 0 Å². The van der Waals surface area contributed by atoms with Gasteiger partial charge in [-0.2, -0.15) is 0 Å². The minimum atomic E-state index is 0. The van der Waals surface area contributed by atoms with E-state index in [-0.39, 0.29) is 20.3 Å². The molecule has 0 aliphatic carbocycles. The van der Waals surface area contributed by atoms with E-state index in [0.29, 0.717) is 0 Å². The molecule has 1 heterocycles. The van der Waals surface area contributed by atoms with E-state index in [1.54, 1.807) is 0 Å². The third-order valence-corrected chi connectivity index (χ3v) is 2.56. The Kier molecular flexibility index (Phi) is 15.6. The van der Waals surface area contributed by atoms with E-state index in [1.807, 2.05) is 0 Å². The average molecular weight is 178 g/mol. The van der Waals surface area contributed by atoms with E-state index in [9.17, 15) is 0 Å². The molecule has 1 rings (SSSR count). The van der Waals surface area contributed by atoms with Crippen LogP contribution in [0.1, 0.15) is 35.0 Å². The molecule has 1 aliphatic heterocycles. The molecule has 0 aromatic rings. The Labute approximate surface area is 97.7 Å². The zero-order valence-corrected chi connectivity index (χ0v) is 9.94. The van der Waals surface area contributed by atoms with Gasteiger partial charge in [-0.1, -0.05) is 39.7 Å². The van der Waals surface area contributed by atoms with Gasteiger partial charge in [0.05, 0.1) is 0 Å². The van der Waals surface area contributed by atoms with Gasteiger partial charge in [0.2, 0.25) is 0 Å². The minimum Gasteiger partial charge on any atom is -1.00 e. The fraction of sp³-hybridized carbons (Fsp3) is 1.00. The summed E-state index contributed by atoms with van der Waals surface area (Å²) in [5.74, 6) is 0. The molecule has 1 nitrogen and oxygen atoms in total. The Morgan fingerprint density at radius 2 is 1.38 bits per heavy atom. The maximum Gasteiger partial charge on any atom is 1.00 e. The van der Waals surface area contributed by atoms with E-state index >= 15 is 0 Å². The van der Waals surface area contributed by atoms with Crippen molar-refractivity contribution in [2.24, 2.45) is 0 Å². The van der Waals surface area contributed by atoms with Crippen LogP contribution in [0, 0.1) is 0 Å². The molecule has 0 unspecified atom stereocenters. The van der Waals surface area contributed by atoms with Crippen molar-refractivity contribution in [2.45, 2.75) is 52.6 Å². The second kappa shape index (κ2) is 12.6. The largest absolute Gasteiger partial charge is 1.00 e. The van der Waals surface area contributed by atoms with Crippen molar-refractivity contribution in [3.63, 3.8) is 0 Å². The molecule has 0 aromatic carbocycles. The maximum atomic E-state index is 4.94. The summed E-state index contributed by atoms with van der Waals surface area (Å²) in [6, 6.07) is 0. The van der Waals surface area contributed by atoms with Gasteiger partial charge < -0.3 is 6.16 Å². The van der Waals surface area contributed by atoms with Crippen molar-refractivity contribution in [1.82, 2.24) is 0 Å². The van der Waals surface area contributed by atoms with Crippen LogP contribution in [0.25, 0.3) is 0 Å². The molecule has 0 saturated carbocycles. The Morgan fingerprint density at radius 1 is 1.00 bits per heavy atom. The molecule has 3 heteroatoms. The second-order valence-corrected chi connectivity index (χ2v) is 3.41. The molecule has 0 bridgehead atoms. The molecule has 1 fully saturated rings. The summed E-state index contributed by atoms with van der Waals surface area (Å²) in [6.45, 7) is 9.77. The second-order valence-electron chi connectivity index (χ2n) is 3.41. The van der Waals surface area contributed by atoms with Crippen molar-refractivity contribution < 1.29 is 25.0 Å². The van der Waals surface area contributed by atoms with Crippen LogP contribution in [-0.4, -0.2) is 19.9 Å². The van der Waals surface area contributed by atoms with Crippen LogP contribution in [-0.2, 0) is 4.74 Å². The smallest absolute Gasteiger partial charge is 1.00 e. The van der Waals surface area contributed by atoms with Crippen LogP contribution < -0.4 is 18.9 Å². The van der Waals surface area contributed by atoms with E-state index in [0.717, 1.165) is 19.9 Å². The fourth-order valence-corrected chi connectivity index (χ4v) is 1.38. The molecule has 0 radical (unpaired) electrons. The van der Waals surface area contributed by atoms with E-state index in [2.05, 4.69) is 20.8 Å². The van der Waals surface area contributed by atoms with Gasteiger partial charge in [0.25, 0.3) is 0 Å². The third kappa shape index (κ3) is 10.5. The quantitative estimate of drug-likeness (QED) is 0.570. The van der Waals surface area contributed by atoms with Gasteiger partial charge in [0.1, 0.15) is 6.71 Å². The Morgan fingerprint density at radius 3 is 1.46 bits per heavy atom. The summed E-state index contributed by atoms with van der Waals surface area (Å²) in [4.78, 5) is 0. The molecule has 0 N–H and O–H groups in total. The summed E-state index contributed by atoms with van der Waals surface area (Å²) >= 11 is 0. The first-order chi connectivity index (χ1) is 5.85. The zero-order chi connectivity index (χ0) is 9.23. The van der Waals surface area contributed by atoms with Gasteiger partial charge in [-0.15, -0.1) is 0 Å². The maximum absolute atomic E-state index is 4.94. The number of hydrogen-bond acceptors (Lipinski definition) is 1. The van der Waals surface area contributed by atoms with Gasteiger partial charge >= 0.3 is 18.9 Å². The van der Waals surface area contributed by atoms with Gasteiger partial charge in [-0.3, -0.25) is 0 Å². The molecule has 0 atom stereocenters. The normalized spacial score (nSPS) is 14.1. The third-order valence-electron chi connectivity index (χ3n) is 2.56. The van der Waals surface area contributed by atoms with E-state index in [1.165, 1.54) is 31.8 Å². The Hall–Kier alpha value is 0.622. The molecule has 74 valence electrons. The minimum absolute atomic E-state index is 0. The number of hydrogen-bond donors (Lipinski definition) is 0. The van der Waals surface area contributed by atoms with Crippen molar-refractivity contribution in [3.8, 4) is 0 Å². The molecular formula is C10H24BLiO. The molecule has 0 spiro atoms. The van der Waals surface area contributed by atoms with Crippen LogP contribution >= 0.6 is 0 Å². The van der Waals surface area contributed by atoms with E-state index in [4.69, 9.17) is 4.74 Å².